The fourth-order valence-electron chi connectivity index (χ4n) is 2.50. The van der Waals surface area contributed by atoms with Crippen LogP contribution in [0, 0.1) is 12.8 Å². The van der Waals surface area contributed by atoms with Crippen molar-refractivity contribution in [1.82, 2.24) is 4.90 Å². The Hall–Kier alpha value is -1.20. The van der Waals surface area contributed by atoms with Crippen molar-refractivity contribution >= 4 is 23.0 Å². The van der Waals surface area contributed by atoms with Crippen LogP contribution in [-0.2, 0) is 4.79 Å². The molecule has 5 heteroatoms. The second-order valence-corrected chi connectivity index (χ2v) is 6.51. The average Bonchev–Trinajstić information content (AvgIpc) is 2.78. The number of piperidine rings is 1. The van der Waals surface area contributed by atoms with Crippen LogP contribution in [-0.4, -0.2) is 36.2 Å². The third kappa shape index (κ3) is 4.14. The van der Waals surface area contributed by atoms with E-state index in [4.69, 9.17) is 5.73 Å². The molecule has 0 radical (unpaired) electrons. The second kappa shape index (κ2) is 6.30. The summed E-state index contributed by atoms with van der Waals surface area (Å²) in [7, 11) is 0. The van der Waals surface area contributed by atoms with Crippen LogP contribution >= 0.6 is 11.3 Å². The molecule has 0 spiro atoms. The fraction of sp³-hybridized carbons (Fsp3) is 0.571. The standard InChI is InChI=1S/C14H20N2O2S/c1-10-2-3-13(19-10)12(17)9-16-6-4-11(5-7-16)8-14(15)18/h2-3,11H,4-9H2,1H3,(H2,15,18). The van der Waals surface area contributed by atoms with Gasteiger partial charge in [0.1, 0.15) is 0 Å². The number of likely N-dealkylation sites (tertiary alicyclic amines) is 1. The highest BCUT2D eigenvalue weighted by molar-refractivity contribution is 7.14. The molecule has 1 aromatic rings. The lowest BCUT2D eigenvalue weighted by molar-refractivity contribution is -0.119. The van der Waals surface area contributed by atoms with Crippen LogP contribution in [0.4, 0.5) is 0 Å². The summed E-state index contributed by atoms with van der Waals surface area (Å²) >= 11 is 1.56. The predicted octanol–water partition coefficient (Wildman–Crippen LogP) is 1.83. The normalized spacial score (nSPS) is 17.5. The minimum atomic E-state index is -0.219. The van der Waals surface area contributed by atoms with E-state index in [9.17, 15) is 9.59 Å². The van der Waals surface area contributed by atoms with Crippen LogP contribution in [0.15, 0.2) is 12.1 Å². The minimum absolute atomic E-state index is 0.200. The van der Waals surface area contributed by atoms with Gasteiger partial charge in [-0.1, -0.05) is 0 Å². The van der Waals surface area contributed by atoms with Gasteiger partial charge in [-0.3, -0.25) is 14.5 Å². The Balaban J connectivity index is 1.79. The summed E-state index contributed by atoms with van der Waals surface area (Å²) in [4.78, 5) is 27.1. The SMILES string of the molecule is Cc1ccc(C(=O)CN2CCC(CC(N)=O)CC2)s1. The zero-order chi connectivity index (χ0) is 13.8. The molecule has 1 aromatic heterocycles. The number of thiophene rings is 1. The van der Waals surface area contributed by atoms with Gasteiger partial charge < -0.3 is 5.73 Å². The quantitative estimate of drug-likeness (QED) is 0.837. The van der Waals surface area contributed by atoms with Crippen LogP contribution in [0.5, 0.6) is 0 Å². The van der Waals surface area contributed by atoms with Crippen LogP contribution < -0.4 is 5.73 Å². The third-order valence-corrected chi connectivity index (χ3v) is 4.62. The molecule has 1 fully saturated rings. The summed E-state index contributed by atoms with van der Waals surface area (Å²) in [5, 5.41) is 0. The molecule has 1 saturated heterocycles. The molecule has 0 atom stereocenters. The first-order valence-electron chi connectivity index (χ1n) is 6.65. The first kappa shape index (κ1) is 14.2. The Morgan fingerprint density at radius 2 is 2.05 bits per heavy atom. The number of hydrogen-bond acceptors (Lipinski definition) is 4. The molecule has 0 bridgehead atoms. The van der Waals surface area contributed by atoms with E-state index in [1.54, 1.807) is 11.3 Å². The average molecular weight is 280 g/mol. The Kier molecular flexibility index (Phi) is 4.71. The molecule has 0 saturated carbocycles. The van der Waals surface area contributed by atoms with Gasteiger partial charge in [0.05, 0.1) is 11.4 Å². The van der Waals surface area contributed by atoms with E-state index >= 15 is 0 Å². The topological polar surface area (TPSA) is 63.4 Å². The summed E-state index contributed by atoms with van der Waals surface area (Å²) < 4.78 is 0. The Morgan fingerprint density at radius 1 is 1.37 bits per heavy atom. The van der Waals surface area contributed by atoms with Crippen molar-refractivity contribution in [1.29, 1.82) is 0 Å². The molecular weight excluding hydrogens is 260 g/mol. The van der Waals surface area contributed by atoms with Gasteiger partial charge in [-0.15, -0.1) is 11.3 Å². The molecule has 4 nitrogen and oxygen atoms in total. The summed E-state index contributed by atoms with van der Waals surface area (Å²) in [5.41, 5.74) is 5.21. The predicted molar refractivity (Wildman–Crippen MR) is 76.4 cm³/mol. The number of hydrogen-bond donors (Lipinski definition) is 1. The lowest BCUT2D eigenvalue weighted by Gasteiger charge is -2.30. The number of carbonyl (C=O) groups excluding carboxylic acids is 2. The van der Waals surface area contributed by atoms with Crippen molar-refractivity contribution in [3.05, 3.63) is 21.9 Å². The highest BCUT2D eigenvalue weighted by Gasteiger charge is 2.22. The molecule has 0 aliphatic carbocycles. The molecule has 2 N–H and O–H groups in total. The van der Waals surface area contributed by atoms with E-state index in [2.05, 4.69) is 4.90 Å². The summed E-state index contributed by atoms with van der Waals surface area (Å²) in [6.07, 6.45) is 2.39. The van der Waals surface area contributed by atoms with E-state index in [0.717, 1.165) is 30.8 Å². The number of aryl methyl sites for hydroxylation is 1. The van der Waals surface area contributed by atoms with Crippen LogP contribution in [0.3, 0.4) is 0 Å². The number of Topliss-reactive ketones (excluding diaryl/α,β-unsaturated/α-hetero) is 1. The molecule has 104 valence electrons. The molecule has 1 amide bonds. The molecule has 2 heterocycles. The largest absolute Gasteiger partial charge is 0.370 e. The molecule has 0 unspecified atom stereocenters. The number of amides is 1. The van der Waals surface area contributed by atoms with Crippen molar-refractivity contribution in [2.45, 2.75) is 26.2 Å². The number of nitrogens with zero attached hydrogens (tertiary/aromatic N) is 1. The molecule has 1 aliphatic heterocycles. The second-order valence-electron chi connectivity index (χ2n) is 5.22. The molecule has 2 rings (SSSR count). The maximum Gasteiger partial charge on any atom is 0.217 e. The third-order valence-electron chi connectivity index (χ3n) is 3.58. The smallest absolute Gasteiger partial charge is 0.217 e. The van der Waals surface area contributed by atoms with E-state index in [0.29, 0.717) is 18.9 Å². The van der Waals surface area contributed by atoms with Crippen molar-refractivity contribution in [3.8, 4) is 0 Å². The first-order valence-corrected chi connectivity index (χ1v) is 7.46. The van der Waals surface area contributed by atoms with Gasteiger partial charge >= 0.3 is 0 Å². The molecular formula is C14H20N2O2S. The van der Waals surface area contributed by atoms with E-state index in [-0.39, 0.29) is 11.7 Å². The van der Waals surface area contributed by atoms with Gasteiger partial charge in [-0.25, -0.2) is 0 Å². The van der Waals surface area contributed by atoms with Crippen molar-refractivity contribution in [2.75, 3.05) is 19.6 Å². The number of carbonyl (C=O) groups is 2. The van der Waals surface area contributed by atoms with Crippen LogP contribution in [0.25, 0.3) is 0 Å². The highest BCUT2D eigenvalue weighted by Crippen LogP contribution is 2.21. The monoisotopic (exact) mass is 280 g/mol. The summed E-state index contributed by atoms with van der Waals surface area (Å²) in [6, 6.07) is 3.89. The maximum atomic E-state index is 12.1. The molecule has 0 aromatic carbocycles. The van der Waals surface area contributed by atoms with Crippen molar-refractivity contribution < 1.29 is 9.59 Å². The lowest BCUT2D eigenvalue weighted by atomic mass is 9.93. The van der Waals surface area contributed by atoms with Gasteiger partial charge in [-0.05, 0) is 50.9 Å². The van der Waals surface area contributed by atoms with Gasteiger partial charge in [0.25, 0.3) is 0 Å². The minimum Gasteiger partial charge on any atom is -0.370 e. The van der Waals surface area contributed by atoms with Crippen LogP contribution in [0.2, 0.25) is 0 Å². The molecule has 19 heavy (non-hydrogen) atoms. The Morgan fingerprint density at radius 3 is 2.58 bits per heavy atom. The first-order chi connectivity index (χ1) is 9.04. The summed E-state index contributed by atoms with van der Waals surface area (Å²) in [5.74, 6) is 0.378. The van der Waals surface area contributed by atoms with Gasteiger partial charge in [0, 0.05) is 11.3 Å². The van der Waals surface area contributed by atoms with E-state index in [1.165, 1.54) is 4.88 Å². The van der Waals surface area contributed by atoms with Gasteiger partial charge in [-0.2, -0.15) is 0 Å². The molecule has 1 aliphatic rings. The maximum absolute atomic E-state index is 12.1. The van der Waals surface area contributed by atoms with Crippen LogP contribution in [0.1, 0.15) is 33.8 Å². The van der Waals surface area contributed by atoms with E-state index < -0.39 is 0 Å². The number of rotatable bonds is 5. The van der Waals surface area contributed by atoms with Gasteiger partial charge in [0.2, 0.25) is 5.91 Å². The number of nitrogens with two attached hydrogens (primary N) is 1. The number of primary amides is 1. The van der Waals surface area contributed by atoms with E-state index in [1.807, 2.05) is 19.1 Å². The Bertz CT molecular complexity index is 462. The Labute approximate surface area is 117 Å². The zero-order valence-corrected chi connectivity index (χ0v) is 12.0. The van der Waals surface area contributed by atoms with Crippen molar-refractivity contribution in [2.24, 2.45) is 11.7 Å². The highest BCUT2D eigenvalue weighted by atomic mass is 32.1. The fourth-order valence-corrected chi connectivity index (χ4v) is 3.30. The number of ketones is 1. The van der Waals surface area contributed by atoms with Gasteiger partial charge in [0.15, 0.2) is 5.78 Å². The summed E-state index contributed by atoms with van der Waals surface area (Å²) in [6.45, 7) is 4.27. The lowest BCUT2D eigenvalue weighted by Crippen LogP contribution is -2.38. The van der Waals surface area contributed by atoms with Crippen molar-refractivity contribution in [3.63, 3.8) is 0 Å². The zero-order valence-electron chi connectivity index (χ0n) is 11.2.